The first-order valence-corrected chi connectivity index (χ1v) is 13.2. The van der Waals surface area contributed by atoms with Crippen molar-refractivity contribution in [2.24, 2.45) is 4.99 Å². The Balaban J connectivity index is 1.39. The molecule has 8 heteroatoms. The van der Waals surface area contributed by atoms with Crippen molar-refractivity contribution in [3.8, 4) is 11.3 Å². The molecule has 0 atom stereocenters. The molecule has 1 saturated carbocycles. The molecule has 1 fully saturated rings. The van der Waals surface area contributed by atoms with Crippen LogP contribution in [0.15, 0.2) is 39.7 Å². The highest BCUT2D eigenvalue weighted by molar-refractivity contribution is 7.16. The minimum Gasteiger partial charge on any atom is -0.455 e. The van der Waals surface area contributed by atoms with Crippen molar-refractivity contribution in [3.05, 3.63) is 67.8 Å². The van der Waals surface area contributed by atoms with Crippen LogP contribution < -0.4 is 5.32 Å². The van der Waals surface area contributed by atoms with Gasteiger partial charge in [0.1, 0.15) is 16.5 Å². The molecule has 0 bridgehead atoms. The number of furan rings is 1. The molecule has 2 aromatic heterocycles. The van der Waals surface area contributed by atoms with Gasteiger partial charge in [0, 0.05) is 28.6 Å². The quantitative estimate of drug-likeness (QED) is 0.230. The number of fused-ring (bicyclic) bond motifs is 1. The Morgan fingerprint density at radius 2 is 1.94 bits per heavy atom. The summed E-state index contributed by atoms with van der Waals surface area (Å²) in [6.07, 6.45) is 11.5. The largest absolute Gasteiger partial charge is 0.455 e. The van der Waals surface area contributed by atoms with E-state index in [4.69, 9.17) is 9.41 Å². The first kappa shape index (κ1) is 23.5. The summed E-state index contributed by atoms with van der Waals surface area (Å²) in [5.41, 5.74) is 3.53. The number of thiophene rings is 1. The maximum atomic E-state index is 13.3. The highest BCUT2D eigenvalue weighted by atomic mass is 32.1. The second-order valence-corrected chi connectivity index (χ2v) is 10.5. The number of non-ortho nitro benzene ring substituents is 1. The zero-order chi connectivity index (χ0) is 24.4. The number of carbonyl (C=O) groups excluding carboxylic acids is 1. The van der Waals surface area contributed by atoms with Gasteiger partial charge in [-0.05, 0) is 74.8 Å². The second-order valence-electron chi connectivity index (χ2n) is 9.42. The monoisotopic (exact) mass is 491 g/mol. The van der Waals surface area contributed by atoms with Gasteiger partial charge >= 0.3 is 0 Å². The fourth-order valence-corrected chi connectivity index (χ4v) is 6.34. The fraction of sp³-hybridized carbons (Fsp3) is 0.407. The first-order valence-electron chi connectivity index (χ1n) is 12.3. The van der Waals surface area contributed by atoms with Crippen molar-refractivity contribution in [2.75, 3.05) is 0 Å². The minimum absolute atomic E-state index is 0.00471. The first-order chi connectivity index (χ1) is 17.0. The topological polar surface area (TPSA) is 97.7 Å². The van der Waals surface area contributed by atoms with Crippen molar-refractivity contribution in [2.45, 2.75) is 70.8 Å². The van der Waals surface area contributed by atoms with Crippen LogP contribution in [0.5, 0.6) is 0 Å². The molecule has 0 radical (unpaired) electrons. The molecule has 1 N–H and O–H groups in total. The van der Waals surface area contributed by atoms with Crippen LogP contribution in [0.25, 0.3) is 11.3 Å². The third kappa shape index (κ3) is 5.07. The molecule has 35 heavy (non-hydrogen) atoms. The molecule has 0 saturated heterocycles. The minimum atomic E-state index is -0.403. The molecule has 0 spiro atoms. The average Bonchev–Trinajstić information content (AvgIpc) is 3.47. The number of nitrogens with zero attached hydrogens (tertiary/aromatic N) is 2. The Bertz CT molecular complexity index is 1280. The lowest BCUT2D eigenvalue weighted by molar-refractivity contribution is -0.384. The van der Waals surface area contributed by atoms with Crippen LogP contribution in [-0.2, 0) is 12.8 Å². The number of aryl methyl sites for hydroxylation is 2. The standard InChI is InChI=1S/C27H29N3O4S/c1-17-15-19(30(32)33)11-13-21(17)23-14-12-20(34-23)16-28-27-25(22-9-5-6-10-24(22)35-27)26(31)29-18-7-3-2-4-8-18/h11-16,18H,2-10H2,1H3,(H,29,31)/b28-16+. The van der Waals surface area contributed by atoms with Crippen molar-refractivity contribution in [1.29, 1.82) is 0 Å². The van der Waals surface area contributed by atoms with Crippen LogP contribution in [0.2, 0.25) is 0 Å². The van der Waals surface area contributed by atoms with Crippen LogP contribution in [0, 0.1) is 17.0 Å². The summed E-state index contributed by atoms with van der Waals surface area (Å²) in [5.74, 6) is 1.20. The van der Waals surface area contributed by atoms with Crippen LogP contribution in [0.4, 0.5) is 10.7 Å². The molecule has 1 aromatic carbocycles. The van der Waals surface area contributed by atoms with Gasteiger partial charge in [0.25, 0.3) is 11.6 Å². The van der Waals surface area contributed by atoms with Crippen LogP contribution >= 0.6 is 11.3 Å². The van der Waals surface area contributed by atoms with Gasteiger partial charge in [0.15, 0.2) is 0 Å². The van der Waals surface area contributed by atoms with E-state index in [-0.39, 0.29) is 17.6 Å². The number of carbonyl (C=O) groups is 1. The predicted molar refractivity (Wildman–Crippen MR) is 138 cm³/mol. The van der Waals surface area contributed by atoms with Gasteiger partial charge < -0.3 is 9.73 Å². The molecule has 0 aliphatic heterocycles. The van der Waals surface area contributed by atoms with Crippen molar-refractivity contribution < 1.29 is 14.1 Å². The van der Waals surface area contributed by atoms with Gasteiger partial charge in [-0.25, -0.2) is 4.99 Å². The lowest BCUT2D eigenvalue weighted by Crippen LogP contribution is -2.36. The Hall–Kier alpha value is -3.26. The van der Waals surface area contributed by atoms with Crippen LogP contribution in [-0.4, -0.2) is 23.1 Å². The van der Waals surface area contributed by atoms with E-state index in [0.717, 1.165) is 60.2 Å². The van der Waals surface area contributed by atoms with E-state index in [9.17, 15) is 14.9 Å². The summed E-state index contributed by atoms with van der Waals surface area (Å²) in [5, 5.41) is 15.0. The molecule has 7 nitrogen and oxygen atoms in total. The van der Waals surface area contributed by atoms with Gasteiger partial charge in [-0.3, -0.25) is 14.9 Å². The molecule has 2 aliphatic rings. The Labute approximate surface area is 208 Å². The van der Waals surface area contributed by atoms with Gasteiger partial charge in [0.2, 0.25) is 0 Å². The lowest BCUT2D eigenvalue weighted by atomic mass is 9.93. The van der Waals surface area contributed by atoms with Crippen LogP contribution in [0.3, 0.4) is 0 Å². The van der Waals surface area contributed by atoms with Gasteiger partial charge in [-0.1, -0.05) is 19.3 Å². The number of hydrogen-bond donors (Lipinski definition) is 1. The Morgan fingerprint density at radius 1 is 1.14 bits per heavy atom. The van der Waals surface area contributed by atoms with E-state index in [2.05, 4.69) is 5.32 Å². The number of nitrogens with one attached hydrogen (secondary N) is 1. The van der Waals surface area contributed by atoms with Crippen LogP contribution in [0.1, 0.15) is 77.1 Å². The van der Waals surface area contributed by atoms with Crippen molar-refractivity contribution in [1.82, 2.24) is 5.32 Å². The third-order valence-corrected chi connectivity index (χ3v) is 8.14. The number of nitro benzene ring substituents is 1. The maximum absolute atomic E-state index is 13.3. The smallest absolute Gasteiger partial charge is 0.269 e. The van der Waals surface area contributed by atoms with Crippen molar-refractivity contribution in [3.63, 3.8) is 0 Å². The van der Waals surface area contributed by atoms with Crippen molar-refractivity contribution >= 4 is 34.1 Å². The second kappa shape index (κ2) is 10.2. The molecular formula is C27H29N3O4S. The molecule has 3 aromatic rings. The number of amides is 1. The van der Waals surface area contributed by atoms with E-state index in [0.29, 0.717) is 11.5 Å². The third-order valence-electron chi connectivity index (χ3n) is 6.94. The normalized spacial score (nSPS) is 16.4. The summed E-state index contributed by atoms with van der Waals surface area (Å²) >= 11 is 1.62. The van der Waals surface area contributed by atoms with E-state index in [1.54, 1.807) is 29.7 Å². The van der Waals surface area contributed by atoms with E-state index in [1.165, 1.54) is 35.8 Å². The Kier molecular flexibility index (Phi) is 6.81. The SMILES string of the molecule is Cc1cc([N+](=O)[O-])ccc1-c1ccc(/C=N/c2sc3c(c2C(=O)NC2CCCCC2)CCCC3)o1. The average molecular weight is 492 g/mol. The fourth-order valence-electron chi connectivity index (χ4n) is 5.11. The van der Waals surface area contributed by atoms with Gasteiger partial charge in [-0.2, -0.15) is 0 Å². The molecule has 2 aliphatic carbocycles. The van der Waals surface area contributed by atoms with E-state index < -0.39 is 4.92 Å². The summed E-state index contributed by atoms with van der Waals surface area (Å²) in [4.78, 5) is 29.9. The highest BCUT2D eigenvalue weighted by Gasteiger charge is 2.27. The number of benzene rings is 1. The lowest BCUT2D eigenvalue weighted by Gasteiger charge is -2.23. The zero-order valence-electron chi connectivity index (χ0n) is 19.8. The maximum Gasteiger partial charge on any atom is 0.269 e. The molecular weight excluding hydrogens is 462 g/mol. The highest BCUT2D eigenvalue weighted by Crippen LogP contribution is 2.40. The molecule has 0 unspecified atom stereocenters. The predicted octanol–water partition coefficient (Wildman–Crippen LogP) is 6.92. The zero-order valence-corrected chi connectivity index (χ0v) is 20.7. The molecule has 1 amide bonds. The summed E-state index contributed by atoms with van der Waals surface area (Å²) in [7, 11) is 0. The summed E-state index contributed by atoms with van der Waals surface area (Å²) < 4.78 is 5.98. The summed E-state index contributed by atoms with van der Waals surface area (Å²) in [6.45, 7) is 1.83. The molecule has 182 valence electrons. The van der Waals surface area contributed by atoms with Gasteiger partial charge in [0.05, 0.1) is 16.7 Å². The van der Waals surface area contributed by atoms with E-state index >= 15 is 0 Å². The molecule has 5 rings (SSSR count). The Morgan fingerprint density at radius 3 is 2.71 bits per heavy atom. The van der Waals surface area contributed by atoms with E-state index in [1.807, 2.05) is 19.1 Å². The number of nitro groups is 1. The van der Waals surface area contributed by atoms with Gasteiger partial charge in [-0.15, -0.1) is 11.3 Å². The number of aliphatic imine (C=N–C) groups is 1. The number of rotatable bonds is 6. The molecule has 2 heterocycles. The number of hydrogen-bond acceptors (Lipinski definition) is 6. The summed E-state index contributed by atoms with van der Waals surface area (Å²) in [6, 6.07) is 8.64.